The van der Waals surface area contributed by atoms with Crippen LogP contribution in [0.4, 0.5) is 0 Å². The van der Waals surface area contributed by atoms with Crippen molar-refractivity contribution >= 4 is 11.8 Å². The van der Waals surface area contributed by atoms with Crippen molar-refractivity contribution in [3.8, 4) is 6.07 Å². The monoisotopic (exact) mass is 248 g/mol. The standard InChI is InChI=1S/C13H16N2O3/c1-5-18-13(17)11-8(2)12(10(16)6-7-14)15(4)9(11)3/h5-6H2,1-4H3. The molecule has 0 aliphatic heterocycles. The molecule has 0 unspecified atom stereocenters. The normalized spacial score (nSPS) is 9.94. The molecular formula is C13H16N2O3. The van der Waals surface area contributed by atoms with Gasteiger partial charge in [-0.25, -0.2) is 4.79 Å². The van der Waals surface area contributed by atoms with E-state index in [4.69, 9.17) is 10.00 Å². The van der Waals surface area contributed by atoms with Crippen LogP contribution >= 0.6 is 0 Å². The minimum atomic E-state index is -0.431. The van der Waals surface area contributed by atoms with E-state index in [0.29, 0.717) is 22.5 Å². The second-order valence-corrected chi connectivity index (χ2v) is 3.97. The van der Waals surface area contributed by atoms with Gasteiger partial charge in [0, 0.05) is 12.7 Å². The molecule has 0 fully saturated rings. The molecule has 0 aliphatic carbocycles. The predicted octanol–water partition coefficient (Wildman–Crippen LogP) is 1.92. The number of carbonyl (C=O) groups excluding carboxylic acids is 2. The molecule has 0 saturated heterocycles. The Morgan fingerprint density at radius 1 is 1.39 bits per heavy atom. The van der Waals surface area contributed by atoms with Crippen LogP contribution in [0.15, 0.2) is 0 Å². The molecule has 0 radical (unpaired) electrons. The number of hydrogen-bond acceptors (Lipinski definition) is 4. The third-order valence-electron chi connectivity index (χ3n) is 2.91. The summed E-state index contributed by atoms with van der Waals surface area (Å²) in [5.41, 5.74) is 2.07. The van der Waals surface area contributed by atoms with Gasteiger partial charge in [-0.05, 0) is 26.3 Å². The van der Waals surface area contributed by atoms with Gasteiger partial charge in [0.2, 0.25) is 0 Å². The molecule has 1 heterocycles. The number of esters is 1. The van der Waals surface area contributed by atoms with E-state index in [1.807, 2.05) is 6.07 Å². The lowest BCUT2D eigenvalue weighted by atomic mass is 10.1. The molecule has 0 saturated carbocycles. The first-order valence-corrected chi connectivity index (χ1v) is 5.68. The van der Waals surface area contributed by atoms with Gasteiger partial charge in [0.05, 0.1) is 23.9 Å². The summed E-state index contributed by atoms with van der Waals surface area (Å²) in [7, 11) is 1.70. The highest BCUT2D eigenvalue weighted by Gasteiger charge is 2.25. The highest BCUT2D eigenvalue weighted by Crippen LogP contribution is 2.23. The molecule has 0 spiro atoms. The fourth-order valence-corrected chi connectivity index (χ4v) is 2.03. The van der Waals surface area contributed by atoms with Gasteiger partial charge in [0.25, 0.3) is 0 Å². The molecule has 0 aliphatic rings. The van der Waals surface area contributed by atoms with Crippen molar-refractivity contribution < 1.29 is 14.3 Å². The molecule has 5 heteroatoms. The molecule has 0 aromatic carbocycles. The van der Waals surface area contributed by atoms with Crippen molar-refractivity contribution in [2.24, 2.45) is 7.05 Å². The Labute approximate surface area is 106 Å². The van der Waals surface area contributed by atoms with Gasteiger partial charge in [0.15, 0.2) is 5.78 Å². The van der Waals surface area contributed by atoms with Gasteiger partial charge in [-0.1, -0.05) is 0 Å². The highest BCUT2D eigenvalue weighted by atomic mass is 16.5. The average Bonchev–Trinajstić information content (AvgIpc) is 2.51. The molecule has 0 bridgehead atoms. The number of nitrogens with zero attached hydrogens (tertiary/aromatic N) is 2. The Bertz CT molecular complexity index is 535. The minimum Gasteiger partial charge on any atom is -0.462 e. The van der Waals surface area contributed by atoms with E-state index in [-0.39, 0.29) is 18.8 Å². The van der Waals surface area contributed by atoms with E-state index in [1.165, 1.54) is 0 Å². The van der Waals surface area contributed by atoms with Gasteiger partial charge < -0.3 is 9.30 Å². The summed E-state index contributed by atoms with van der Waals surface area (Å²) < 4.78 is 6.61. The maximum atomic E-state index is 11.8. The van der Waals surface area contributed by atoms with Crippen LogP contribution in [0, 0.1) is 25.2 Å². The summed E-state index contributed by atoms with van der Waals surface area (Å²) in [4.78, 5) is 23.7. The Balaban J connectivity index is 3.33. The Morgan fingerprint density at radius 3 is 2.50 bits per heavy atom. The van der Waals surface area contributed by atoms with Gasteiger partial charge >= 0.3 is 5.97 Å². The lowest BCUT2D eigenvalue weighted by Gasteiger charge is -2.02. The van der Waals surface area contributed by atoms with Crippen molar-refractivity contribution in [1.82, 2.24) is 4.57 Å². The third-order valence-corrected chi connectivity index (χ3v) is 2.91. The Hall–Kier alpha value is -2.09. The van der Waals surface area contributed by atoms with Crippen molar-refractivity contribution in [2.45, 2.75) is 27.2 Å². The first kappa shape index (κ1) is 14.0. The number of nitriles is 1. The van der Waals surface area contributed by atoms with E-state index in [0.717, 1.165) is 0 Å². The molecular weight excluding hydrogens is 232 g/mol. The van der Waals surface area contributed by atoms with Crippen LogP contribution in [-0.2, 0) is 11.8 Å². The van der Waals surface area contributed by atoms with Crippen LogP contribution in [0.1, 0.15) is 45.4 Å². The smallest absolute Gasteiger partial charge is 0.340 e. The number of aromatic nitrogens is 1. The summed E-state index contributed by atoms with van der Waals surface area (Å²) in [6, 6.07) is 1.82. The van der Waals surface area contributed by atoms with Gasteiger partial charge in [-0.15, -0.1) is 0 Å². The van der Waals surface area contributed by atoms with Crippen LogP contribution in [-0.4, -0.2) is 22.9 Å². The number of rotatable bonds is 4. The molecule has 5 nitrogen and oxygen atoms in total. The quantitative estimate of drug-likeness (QED) is 0.602. The Kier molecular flexibility index (Phi) is 4.27. The SMILES string of the molecule is CCOC(=O)c1c(C)c(C(=O)CC#N)n(C)c1C. The van der Waals surface area contributed by atoms with Gasteiger partial charge in [0.1, 0.15) is 6.42 Å². The number of carbonyl (C=O) groups is 2. The van der Waals surface area contributed by atoms with Crippen LogP contribution in [0.2, 0.25) is 0 Å². The number of hydrogen-bond donors (Lipinski definition) is 0. The van der Waals surface area contributed by atoms with Gasteiger partial charge in [-0.3, -0.25) is 4.79 Å². The maximum absolute atomic E-state index is 11.8. The average molecular weight is 248 g/mol. The largest absolute Gasteiger partial charge is 0.462 e. The fourth-order valence-electron chi connectivity index (χ4n) is 2.03. The molecule has 1 aromatic heterocycles. The van der Waals surface area contributed by atoms with Crippen LogP contribution < -0.4 is 0 Å². The predicted molar refractivity (Wildman–Crippen MR) is 65.4 cm³/mol. The molecule has 18 heavy (non-hydrogen) atoms. The molecule has 1 aromatic rings. The van der Waals surface area contributed by atoms with E-state index in [2.05, 4.69) is 0 Å². The first-order chi connectivity index (χ1) is 8.45. The van der Waals surface area contributed by atoms with Crippen LogP contribution in [0.25, 0.3) is 0 Å². The lowest BCUT2D eigenvalue weighted by molar-refractivity contribution is 0.0524. The highest BCUT2D eigenvalue weighted by molar-refractivity contribution is 6.02. The van der Waals surface area contributed by atoms with E-state index in [9.17, 15) is 9.59 Å². The zero-order chi connectivity index (χ0) is 13.9. The summed E-state index contributed by atoms with van der Waals surface area (Å²) >= 11 is 0. The van der Waals surface area contributed by atoms with E-state index < -0.39 is 5.97 Å². The fraction of sp³-hybridized carbons (Fsp3) is 0.462. The van der Waals surface area contributed by atoms with E-state index in [1.54, 1.807) is 32.4 Å². The lowest BCUT2D eigenvalue weighted by Crippen LogP contribution is -2.07. The molecule has 1 rings (SSSR count). The van der Waals surface area contributed by atoms with E-state index >= 15 is 0 Å². The number of ketones is 1. The number of ether oxygens (including phenoxy) is 1. The molecule has 96 valence electrons. The van der Waals surface area contributed by atoms with Crippen molar-refractivity contribution in [3.63, 3.8) is 0 Å². The maximum Gasteiger partial charge on any atom is 0.340 e. The number of Topliss-reactive ketones (excluding diaryl/α,β-unsaturated/α-hetero) is 1. The summed E-state index contributed by atoms with van der Waals surface area (Å²) in [6.45, 7) is 5.47. The second-order valence-electron chi connectivity index (χ2n) is 3.97. The summed E-state index contributed by atoms with van der Waals surface area (Å²) in [5, 5.41) is 8.58. The summed E-state index contributed by atoms with van der Waals surface area (Å²) in [5.74, 6) is -0.713. The third kappa shape index (κ3) is 2.28. The first-order valence-electron chi connectivity index (χ1n) is 5.68. The molecule has 0 amide bonds. The topological polar surface area (TPSA) is 72.1 Å². The zero-order valence-corrected chi connectivity index (χ0v) is 11.0. The van der Waals surface area contributed by atoms with Gasteiger partial charge in [-0.2, -0.15) is 5.26 Å². The molecule has 0 atom stereocenters. The zero-order valence-electron chi connectivity index (χ0n) is 11.0. The van der Waals surface area contributed by atoms with Crippen LogP contribution in [0.5, 0.6) is 0 Å². The van der Waals surface area contributed by atoms with Crippen molar-refractivity contribution in [1.29, 1.82) is 5.26 Å². The van der Waals surface area contributed by atoms with Crippen molar-refractivity contribution in [3.05, 3.63) is 22.5 Å². The summed E-state index contributed by atoms with van der Waals surface area (Å²) in [6.07, 6.45) is -0.194. The Morgan fingerprint density at radius 2 is 2.00 bits per heavy atom. The van der Waals surface area contributed by atoms with Crippen LogP contribution in [0.3, 0.4) is 0 Å². The second kappa shape index (κ2) is 5.50. The molecule has 0 N–H and O–H groups in total. The minimum absolute atomic E-state index is 0.194. The van der Waals surface area contributed by atoms with Crippen molar-refractivity contribution in [2.75, 3.05) is 6.61 Å².